The van der Waals surface area contributed by atoms with Gasteiger partial charge in [0.05, 0.1) is 0 Å². The monoisotopic (exact) mass is 546 g/mol. The molecule has 41 heavy (non-hydrogen) atoms. The fourth-order valence-electron chi connectivity index (χ4n) is 4.89. The third kappa shape index (κ3) is 10.7. The number of hydrogen-bond acceptors (Lipinski definition) is 3. The number of alkyl carbamates (subject to hydrolysis) is 1. The van der Waals surface area contributed by atoms with Crippen molar-refractivity contribution in [1.29, 1.82) is 0 Å². The van der Waals surface area contributed by atoms with Crippen molar-refractivity contribution in [3.05, 3.63) is 155 Å². The van der Waals surface area contributed by atoms with Gasteiger partial charge >= 0.3 is 6.09 Å². The quantitative estimate of drug-likeness (QED) is 0.194. The lowest BCUT2D eigenvalue weighted by Gasteiger charge is -2.32. The number of allylic oxidation sites excluding steroid dienone is 1. The maximum absolute atomic E-state index is 12.8. The number of rotatable bonds is 12. The average Bonchev–Trinajstić information content (AvgIpc) is 2.96. The second-order valence-corrected chi connectivity index (χ2v) is 11.5. The van der Waals surface area contributed by atoms with Crippen LogP contribution in [-0.4, -0.2) is 22.6 Å². The highest BCUT2D eigenvalue weighted by Crippen LogP contribution is 2.21. The molecule has 4 rings (SSSR count). The van der Waals surface area contributed by atoms with Crippen LogP contribution in [0.1, 0.15) is 49.4 Å². The van der Waals surface area contributed by atoms with Crippen molar-refractivity contribution in [2.75, 3.05) is 0 Å². The minimum absolute atomic E-state index is 0.198. The zero-order chi connectivity index (χ0) is 28.9. The van der Waals surface area contributed by atoms with Gasteiger partial charge in [-0.05, 0) is 55.9 Å². The highest BCUT2D eigenvalue weighted by molar-refractivity contribution is 5.70. The Morgan fingerprint density at radius 2 is 1.15 bits per heavy atom. The predicted molar refractivity (Wildman–Crippen MR) is 168 cm³/mol. The highest BCUT2D eigenvalue weighted by atomic mass is 16.6. The van der Waals surface area contributed by atoms with Crippen molar-refractivity contribution < 1.29 is 9.53 Å². The van der Waals surface area contributed by atoms with Crippen molar-refractivity contribution >= 4 is 6.09 Å². The van der Waals surface area contributed by atoms with Gasteiger partial charge in [0, 0.05) is 31.2 Å². The van der Waals surface area contributed by atoms with Crippen LogP contribution in [0.25, 0.3) is 0 Å². The second kappa shape index (κ2) is 15.0. The first-order valence-electron chi connectivity index (χ1n) is 14.4. The Labute approximate surface area is 245 Å². The minimum Gasteiger partial charge on any atom is -0.444 e. The molecule has 1 N–H and O–H groups in total. The molecule has 1 amide bonds. The van der Waals surface area contributed by atoms with Crippen LogP contribution in [0, 0.1) is 0 Å². The first-order chi connectivity index (χ1) is 19.8. The third-order valence-corrected chi connectivity index (χ3v) is 6.82. The smallest absolute Gasteiger partial charge is 0.411 e. The number of carbonyl (C=O) groups is 1. The Hall–Kier alpha value is -4.15. The first-order valence-corrected chi connectivity index (χ1v) is 14.4. The molecule has 0 aliphatic heterocycles. The molecule has 0 spiro atoms. The summed E-state index contributed by atoms with van der Waals surface area (Å²) in [5.41, 5.74) is 5.27. The number of nitrogens with one attached hydrogen (secondary N) is 1. The topological polar surface area (TPSA) is 41.6 Å². The lowest BCUT2D eigenvalue weighted by molar-refractivity contribution is 0.0544. The molecule has 1 atom stereocenters. The Morgan fingerprint density at radius 3 is 1.61 bits per heavy atom. The molecule has 0 aliphatic rings. The maximum Gasteiger partial charge on any atom is 0.411 e. The summed E-state index contributed by atoms with van der Waals surface area (Å²) in [4.78, 5) is 15.4. The Balaban J connectivity index is 1.65. The van der Waals surface area contributed by atoms with Crippen LogP contribution in [0.5, 0.6) is 0 Å². The highest BCUT2D eigenvalue weighted by Gasteiger charge is 2.21. The van der Waals surface area contributed by atoms with E-state index in [2.05, 4.69) is 119 Å². The lowest BCUT2D eigenvalue weighted by Crippen LogP contribution is -2.36. The molecule has 4 aromatic carbocycles. The molecule has 0 aromatic heterocycles. The zero-order valence-corrected chi connectivity index (χ0v) is 24.5. The summed E-state index contributed by atoms with van der Waals surface area (Å²) in [5.74, 6) is 0. The molecular weight excluding hydrogens is 504 g/mol. The molecule has 4 aromatic rings. The fraction of sp³-hybridized carbons (Fsp3) is 0.270. The maximum atomic E-state index is 12.8. The number of hydrogen-bond donors (Lipinski definition) is 1. The van der Waals surface area contributed by atoms with Crippen molar-refractivity contribution in [3.8, 4) is 0 Å². The van der Waals surface area contributed by atoms with Crippen LogP contribution in [0.4, 0.5) is 4.79 Å². The largest absolute Gasteiger partial charge is 0.444 e. The van der Waals surface area contributed by atoms with Gasteiger partial charge < -0.3 is 4.74 Å². The molecule has 0 fully saturated rings. The predicted octanol–water partition coefficient (Wildman–Crippen LogP) is 8.34. The Kier molecular flexibility index (Phi) is 10.9. The van der Waals surface area contributed by atoms with Gasteiger partial charge in [-0.2, -0.15) is 0 Å². The first kappa shape index (κ1) is 29.8. The van der Waals surface area contributed by atoms with Crippen molar-refractivity contribution in [2.45, 2.75) is 64.8 Å². The van der Waals surface area contributed by atoms with Gasteiger partial charge in [0.2, 0.25) is 0 Å². The van der Waals surface area contributed by atoms with Gasteiger partial charge in [0.25, 0.3) is 0 Å². The van der Waals surface area contributed by atoms with E-state index < -0.39 is 11.7 Å². The Bertz CT molecular complexity index is 1310. The van der Waals surface area contributed by atoms with E-state index in [1.54, 1.807) is 0 Å². The molecular formula is C37H42N2O2. The van der Waals surface area contributed by atoms with Crippen LogP contribution < -0.4 is 5.32 Å². The lowest BCUT2D eigenvalue weighted by atomic mass is 9.98. The normalized spacial score (nSPS) is 12.6. The second-order valence-electron chi connectivity index (χ2n) is 11.5. The van der Waals surface area contributed by atoms with Gasteiger partial charge in [0.1, 0.15) is 5.60 Å². The molecule has 0 aliphatic carbocycles. The van der Waals surface area contributed by atoms with Crippen LogP contribution in [0.3, 0.4) is 0 Å². The summed E-state index contributed by atoms with van der Waals surface area (Å²) in [6.07, 6.45) is 4.04. The molecule has 0 saturated carbocycles. The van der Waals surface area contributed by atoms with E-state index in [-0.39, 0.29) is 6.04 Å². The number of amides is 1. The van der Waals surface area contributed by atoms with E-state index in [1.165, 1.54) is 16.7 Å². The van der Waals surface area contributed by atoms with Gasteiger partial charge in [-0.3, -0.25) is 10.2 Å². The van der Waals surface area contributed by atoms with Gasteiger partial charge in [-0.25, -0.2) is 4.79 Å². The van der Waals surface area contributed by atoms with E-state index in [9.17, 15) is 4.79 Å². The van der Waals surface area contributed by atoms with E-state index in [0.717, 1.165) is 37.2 Å². The van der Waals surface area contributed by atoms with Crippen LogP contribution in [0.15, 0.2) is 133 Å². The molecule has 0 saturated heterocycles. The van der Waals surface area contributed by atoms with Gasteiger partial charge in [-0.15, -0.1) is 0 Å². The minimum atomic E-state index is -0.569. The molecule has 4 nitrogen and oxygen atoms in total. The number of ether oxygens (including phenoxy) is 1. The standard InChI is InChI=1S/C37H42N2O2/c1-37(2,3)41-36(40)38-34(26-30-16-8-4-9-17-30)24-25-35(27-31-18-10-5-11-19-31)39(28-32-20-12-6-13-21-32)29-33-22-14-7-15-23-33/h4-24,35H,25-29H2,1-3H3,(H,38,40)/t35-/m0/s1. The molecule has 0 unspecified atom stereocenters. The SMILES string of the molecule is CC(C)(C)OC(=O)NC(=CC[C@@H](Cc1ccccc1)N(Cc1ccccc1)Cc1ccccc1)Cc1ccccc1. The third-order valence-electron chi connectivity index (χ3n) is 6.82. The summed E-state index contributed by atoms with van der Waals surface area (Å²) in [5, 5.41) is 3.06. The summed E-state index contributed by atoms with van der Waals surface area (Å²) in [6, 6.07) is 42.4. The summed E-state index contributed by atoms with van der Waals surface area (Å²) in [7, 11) is 0. The van der Waals surface area contributed by atoms with Crippen molar-refractivity contribution in [1.82, 2.24) is 10.2 Å². The van der Waals surface area contributed by atoms with E-state index in [0.29, 0.717) is 6.42 Å². The van der Waals surface area contributed by atoms with Crippen molar-refractivity contribution in [3.63, 3.8) is 0 Å². The number of benzene rings is 4. The summed E-state index contributed by atoms with van der Waals surface area (Å²) in [6.45, 7) is 7.31. The molecule has 0 radical (unpaired) electrons. The van der Waals surface area contributed by atoms with E-state index in [4.69, 9.17) is 4.74 Å². The van der Waals surface area contributed by atoms with E-state index in [1.807, 2.05) is 39.0 Å². The summed E-state index contributed by atoms with van der Waals surface area (Å²) < 4.78 is 5.61. The summed E-state index contributed by atoms with van der Waals surface area (Å²) >= 11 is 0. The molecule has 4 heteroatoms. The van der Waals surface area contributed by atoms with Crippen LogP contribution >= 0.6 is 0 Å². The zero-order valence-electron chi connectivity index (χ0n) is 24.5. The van der Waals surface area contributed by atoms with Crippen LogP contribution in [-0.2, 0) is 30.7 Å². The average molecular weight is 547 g/mol. The fourth-order valence-corrected chi connectivity index (χ4v) is 4.89. The number of carbonyl (C=O) groups excluding carboxylic acids is 1. The van der Waals surface area contributed by atoms with Crippen LogP contribution in [0.2, 0.25) is 0 Å². The van der Waals surface area contributed by atoms with Crippen molar-refractivity contribution in [2.24, 2.45) is 0 Å². The molecule has 0 bridgehead atoms. The van der Waals surface area contributed by atoms with Gasteiger partial charge in [-0.1, -0.05) is 127 Å². The number of nitrogens with zero attached hydrogens (tertiary/aromatic N) is 1. The van der Waals surface area contributed by atoms with E-state index >= 15 is 0 Å². The molecule has 0 heterocycles. The molecule has 212 valence electrons. The van der Waals surface area contributed by atoms with Gasteiger partial charge in [0.15, 0.2) is 0 Å². The Morgan fingerprint density at radius 1 is 0.707 bits per heavy atom.